The van der Waals surface area contributed by atoms with Gasteiger partial charge in [-0.2, -0.15) is 0 Å². The molecule has 0 atom stereocenters. The van der Waals surface area contributed by atoms with Crippen LogP contribution in [0.1, 0.15) is 26.7 Å². The molecule has 1 aliphatic heterocycles. The van der Waals surface area contributed by atoms with Crippen LogP contribution in [0.5, 0.6) is 0 Å². The van der Waals surface area contributed by atoms with Gasteiger partial charge in [-0.3, -0.25) is 0 Å². The first kappa shape index (κ1) is 11.2. The molecule has 1 rings (SSSR count). The number of hydrogen-bond donors (Lipinski definition) is 0. The van der Waals surface area contributed by atoms with E-state index in [-0.39, 0.29) is 12.1 Å². The summed E-state index contributed by atoms with van der Waals surface area (Å²) in [6.07, 6.45) is 3.82. The van der Waals surface area contributed by atoms with Crippen LogP contribution in [0.25, 0.3) is 0 Å². The lowest BCUT2D eigenvalue weighted by Gasteiger charge is -2.28. The van der Waals surface area contributed by atoms with E-state index < -0.39 is 0 Å². The molecule has 0 aromatic heterocycles. The van der Waals surface area contributed by atoms with Crippen molar-refractivity contribution in [3.8, 4) is 0 Å². The number of likely N-dealkylation sites (tertiary alicyclic amines) is 1. The van der Waals surface area contributed by atoms with Crippen LogP contribution in [0.2, 0.25) is 0 Å². The average molecular weight is 197 g/mol. The van der Waals surface area contributed by atoms with Gasteiger partial charge < -0.3 is 9.64 Å². The van der Waals surface area contributed by atoms with Crippen molar-refractivity contribution < 1.29 is 9.53 Å². The molecule has 0 unspecified atom stereocenters. The highest BCUT2D eigenvalue weighted by molar-refractivity contribution is 5.87. The number of ether oxygens (including phenoxy) is 1. The molecule has 1 heterocycles. The van der Waals surface area contributed by atoms with E-state index >= 15 is 0 Å². The van der Waals surface area contributed by atoms with Gasteiger partial charge in [0.05, 0.1) is 0 Å². The molecule has 0 amide bonds. The molecule has 0 N–H and O–H groups in total. The zero-order chi connectivity index (χ0) is 10.6. The molecule has 80 valence electrons. The lowest BCUT2D eigenvalue weighted by Crippen LogP contribution is -2.35. The van der Waals surface area contributed by atoms with Gasteiger partial charge in [0.1, 0.15) is 6.10 Å². The highest BCUT2D eigenvalue weighted by Crippen LogP contribution is 2.13. The maximum absolute atomic E-state index is 11.4. The van der Waals surface area contributed by atoms with E-state index in [1.165, 1.54) is 0 Å². The molecule has 3 nitrogen and oxygen atoms in total. The quantitative estimate of drug-likeness (QED) is 0.497. The summed E-state index contributed by atoms with van der Waals surface area (Å²) in [5, 5.41) is 0. The third-order valence-electron chi connectivity index (χ3n) is 2.69. The highest BCUT2D eigenvalue weighted by atomic mass is 16.5. The van der Waals surface area contributed by atoms with Gasteiger partial charge in [-0.05, 0) is 33.7 Å². The SMILES string of the molecule is C/C=C(\C)C(=O)OC1CCN(C)CC1. The van der Waals surface area contributed by atoms with Gasteiger partial charge in [0.15, 0.2) is 0 Å². The Morgan fingerprint density at radius 3 is 2.50 bits per heavy atom. The lowest BCUT2D eigenvalue weighted by molar-refractivity contribution is -0.146. The van der Waals surface area contributed by atoms with Crippen LogP contribution in [-0.4, -0.2) is 37.1 Å². The maximum atomic E-state index is 11.4. The number of piperidine rings is 1. The predicted octanol–water partition coefficient (Wildman–Crippen LogP) is 1.59. The summed E-state index contributed by atoms with van der Waals surface area (Å²) in [5.41, 5.74) is 0.698. The monoisotopic (exact) mass is 197 g/mol. The van der Waals surface area contributed by atoms with E-state index in [1.807, 2.05) is 6.92 Å². The van der Waals surface area contributed by atoms with Gasteiger partial charge in [0, 0.05) is 18.7 Å². The number of nitrogens with zero attached hydrogens (tertiary/aromatic N) is 1. The number of hydrogen-bond acceptors (Lipinski definition) is 3. The van der Waals surface area contributed by atoms with Crippen LogP contribution in [0.15, 0.2) is 11.6 Å². The van der Waals surface area contributed by atoms with E-state index in [0.717, 1.165) is 25.9 Å². The fourth-order valence-electron chi connectivity index (χ4n) is 1.46. The van der Waals surface area contributed by atoms with Crippen molar-refractivity contribution in [1.82, 2.24) is 4.90 Å². The summed E-state index contributed by atoms with van der Waals surface area (Å²) in [6, 6.07) is 0. The Hall–Kier alpha value is -0.830. The van der Waals surface area contributed by atoms with Crippen molar-refractivity contribution >= 4 is 5.97 Å². The fraction of sp³-hybridized carbons (Fsp3) is 0.727. The third-order valence-corrected chi connectivity index (χ3v) is 2.69. The first-order valence-electron chi connectivity index (χ1n) is 5.16. The molecule has 0 spiro atoms. The molecule has 0 radical (unpaired) electrons. The summed E-state index contributed by atoms with van der Waals surface area (Å²) in [5.74, 6) is -0.165. The molecular formula is C11H19NO2. The summed E-state index contributed by atoms with van der Waals surface area (Å²) in [6.45, 7) is 5.68. The predicted molar refractivity (Wildman–Crippen MR) is 56.0 cm³/mol. The minimum Gasteiger partial charge on any atom is -0.459 e. The number of rotatable bonds is 2. The van der Waals surface area contributed by atoms with E-state index in [1.54, 1.807) is 13.0 Å². The zero-order valence-electron chi connectivity index (χ0n) is 9.25. The number of carbonyl (C=O) groups is 1. The van der Waals surface area contributed by atoms with Crippen LogP contribution in [0.3, 0.4) is 0 Å². The Morgan fingerprint density at radius 1 is 1.43 bits per heavy atom. The second-order valence-corrected chi connectivity index (χ2v) is 3.88. The second-order valence-electron chi connectivity index (χ2n) is 3.88. The summed E-state index contributed by atoms with van der Waals surface area (Å²) >= 11 is 0. The Balaban J connectivity index is 2.35. The van der Waals surface area contributed by atoms with E-state index in [0.29, 0.717) is 5.57 Å². The molecule has 1 saturated heterocycles. The number of allylic oxidation sites excluding steroid dienone is 1. The molecule has 14 heavy (non-hydrogen) atoms. The van der Waals surface area contributed by atoms with Crippen molar-refractivity contribution in [1.29, 1.82) is 0 Å². The molecule has 3 heteroatoms. The van der Waals surface area contributed by atoms with Crippen LogP contribution < -0.4 is 0 Å². The van der Waals surface area contributed by atoms with Gasteiger partial charge in [-0.25, -0.2) is 4.79 Å². The van der Waals surface area contributed by atoms with Crippen molar-refractivity contribution in [3.63, 3.8) is 0 Å². The first-order chi connectivity index (χ1) is 6.63. The van der Waals surface area contributed by atoms with E-state index in [2.05, 4.69) is 11.9 Å². The average Bonchev–Trinajstić information content (AvgIpc) is 2.20. The molecule has 1 fully saturated rings. The lowest BCUT2D eigenvalue weighted by atomic mass is 10.1. The number of esters is 1. The molecule has 1 aliphatic rings. The first-order valence-corrected chi connectivity index (χ1v) is 5.16. The van der Waals surface area contributed by atoms with Crippen LogP contribution >= 0.6 is 0 Å². The van der Waals surface area contributed by atoms with Crippen LogP contribution in [-0.2, 0) is 9.53 Å². The van der Waals surface area contributed by atoms with Gasteiger partial charge in [0.25, 0.3) is 0 Å². The Labute approximate surface area is 85.7 Å². The number of carbonyl (C=O) groups excluding carboxylic acids is 1. The Kier molecular flexibility index (Phi) is 4.14. The smallest absolute Gasteiger partial charge is 0.333 e. The van der Waals surface area contributed by atoms with Gasteiger partial charge in [-0.15, -0.1) is 0 Å². The minimum atomic E-state index is -0.165. The molecule has 0 aromatic rings. The zero-order valence-corrected chi connectivity index (χ0v) is 9.25. The van der Waals surface area contributed by atoms with Crippen molar-refractivity contribution in [2.45, 2.75) is 32.8 Å². The van der Waals surface area contributed by atoms with E-state index in [4.69, 9.17) is 4.74 Å². The van der Waals surface area contributed by atoms with Crippen molar-refractivity contribution in [2.75, 3.05) is 20.1 Å². The minimum absolute atomic E-state index is 0.119. The molecule has 0 aromatic carbocycles. The molecular weight excluding hydrogens is 178 g/mol. The van der Waals surface area contributed by atoms with Crippen molar-refractivity contribution in [3.05, 3.63) is 11.6 Å². The van der Waals surface area contributed by atoms with Crippen molar-refractivity contribution in [2.24, 2.45) is 0 Å². The summed E-state index contributed by atoms with van der Waals surface area (Å²) < 4.78 is 5.36. The Morgan fingerprint density at radius 2 is 2.00 bits per heavy atom. The second kappa shape index (κ2) is 5.15. The molecule has 0 bridgehead atoms. The highest BCUT2D eigenvalue weighted by Gasteiger charge is 2.20. The largest absolute Gasteiger partial charge is 0.459 e. The maximum Gasteiger partial charge on any atom is 0.333 e. The third kappa shape index (κ3) is 3.14. The van der Waals surface area contributed by atoms with Crippen LogP contribution in [0.4, 0.5) is 0 Å². The fourth-order valence-corrected chi connectivity index (χ4v) is 1.46. The van der Waals surface area contributed by atoms with Gasteiger partial charge >= 0.3 is 5.97 Å². The van der Waals surface area contributed by atoms with E-state index in [9.17, 15) is 4.79 Å². The van der Waals surface area contributed by atoms with Crippen LogP contribution in [0, 0.1) is 0 Å². The Bertz CT molecular complexity index is 227. The normalized spacial score (nSPS) is 20.9. The summed E-state index contributed by atoms with van der Waals surface area (Å²) in [4.78, 5) is 13.7. The molecule has 0 aliphatic carbocycles. The molecule has 0 saturated carbocycles. The summed E-state index contributed by atoms with van der Waals surface area (Å²) in [7, 11) is 2.09. The van der Waals surface area contributed by atoms with Gasteiger partial charge in [0.2, 0.25) is 0 Å². The standard InChI is InChI=1S/C11H19NO2/c1-4-9(2)11(13)14-10-5-7-12(3)8-6-10/h4,10H,5-8H2,1-3H3/b9-4+. The topological polar surface area (TPSA) is 29.5 Å². The van der Waals surface area contributed by atoms with Gasteiger partial charge in [-0.1, -0.05) is 6.08 Å².